The molecule has 0 aliphatic heterocycles. The standard InChI is InChI=1S/C33H36O3/c1-3-18-33(35)19-17-30-28-15-11-23-20-24(34)12-16-27(23)31(28)29(21-32(30,33)2)22-9-13-26(14-10-22)36-25-7-5-4-6-8-25/h4-10,13-14,20,24,28-30,34-35H,11-12,15-17,19,21H2,1-2H3/t24?,28-,29+,30-,32-,33-/m0/s1. The van der Waals surface area contributed by atoms with Gasteiger partial charge in [0.05, 0.1) is 6.10 Å². The largest absolute Gasteiger partial charge is 0.457 e. The minimum absolute atomic E-state index is 0.235. The quantitative estimate of drug-likeness (QED) is 0.469. The molecule has 2 N–H and O–H groups in total. The van der Waals surface area contributed by atoms with Crippen molar-refractivity contribution in [2.75, 3.05) is 0 Å². The highest BCUT2D eigenvalue weighted by Crippen LogP contribution is 2.66. The van der Waals surface area contributed by atoms with Gasteiger partial charge in [-0.2, -0.15) is 0 Å². The van der Waals surface area contributed by atoms with Crippen molar-refractivity contribution >= 4 is 0 Å². The summed E-state index contributed by atoms with van der Waals surface area (Å²) in [5.74, 6) is 9.11. The fourth-order valence-electron chi connectivity index (χ4n) is 7.89. The first kappa shape index (κ1) is 23.6. The van der Waals surface area contributed by atoms with Crippen LogP contribution in [0.5, 0.6) is 11.5 Å². The van der Waals surface area contributed by atoms with E-state index in [0.29, 0.717) is 11.8 Å². The van der Waals surface area contributed by atoms with Gasteiger partial charge in [0.1, 0.15) is 17.1 Å². The molecule has 0 bridgehead atoms. The topological polar surface area (TPSA) is 49.7 Å². The van der Waals surface area contributed by atoms with E-state index in [-0.39, 0.29) is 17.4 Å². The van der Waals surface area contributed by atoms with Crippen LogP contribution in [0.4, 0.5) is 0 Å². The number of para-hydroxylation sites is 1. The van der Waals surface area contributed by atoms with E-state index in [9.17, 15) is 10.2 Å². The predicted molar refractivity (Wildman–Crippen MR) is 143 cm³/mol. The van der Waals surface area contributed by atoms with Crippen molar-refractivity contribution in [3.8, 4) is 23.3 Å². The monoisotopic (exact) mass is 480 g/mol. The summed E-state index contributed by atoms with van der Waals surface area (Å²) in [4.78, 5) is 0. The molecule has 3 nitrogen and oxygen atoms in total. The van der Waals surface area contributed by atoms with Gasteiger partial charge in [-0.25, -0.2) is 0 Å². The van der Waals surface area contributed by atoms with E-state index in [1.54, 1.807) is 5.57 Å². The van der Waals surface area contributed by atoms with Crippen LogP contribution in [0.1, 0.15) is 70.3 Å². The van der Waals surface area contributed by atoms with Gasteiger partial charge < -0.3 is 14.9 Å². The molecule has 2 saturated carbocycles. The van der Waals surface area contributed by atoms with Gasteiger partial charge in [0.15, 0.2) is 0 Å². The molecule has 6 atom stereocenters. The van der Waals surface area contributed by atoms with E-state index in [1.807, 2.05) is 37.3 Å². The number of rotatable bonds is 3. The normalized spacial score (nSPS) is 35.1. The third-order valence-corrected chi connectivity index (χ3v) is 9.61. The van der Waals surface area contributed by atoms with Gasteiger partial charge in [-0.15, -0.1) is 5.92 Å². The molecule has 0 radical (unpaired) electrons. The fraction of sp³-hybridized carbons (Fsp3) is 0.455. The van der Waals surface area contributed by atoms with Gasteiger partial charge in [0.25, 0.3) is 0 Å². The Bertz CT molecular complexity index is 1260. The molecule has 0 spiro atoms. The Labute approximate surface area is 214 Å². The predicted octanol–water partition coefficient (Wildman–Crippen LogP) is 6.92. The summed E-state index contributed by atoms with van der Waals surface area (Å²) in [5, 5.41) is 22.2. The molecule has 4 aliphatic rings. The highest BCUT2D eigenvalue weighted by molar-refractivity contribution is 5.50. The molecule has 2 fully saturated rings. The molecule has 4 aliphatic carbocycles. The number of hydrogen-bond donors (Lipinski definition) is 2. The summed E-state index contributed by atoms with van der Waals surface area (Å²) < 4.78 is 6.07. The fourth-order valence-corrected chi connectivity index (χ4v) is 7.89. The van der Waals surface area contributed by atoms with Gasteiger partial charge in [0.2, 0.25) is 0 Å². The summed E-state index contributed by atoms with van der Waals surface area (Å²) in [6.07, 6.45) is 8.35. The second-order valence-corrected chi connectivity index (χ2v) is 11.4. The lowest BCUT2D eigenvalue weighted by Gasteiger charge is -2.54. The lowest BCUT2D eigenvalue weighted by molar-refractivity contribution is -0.0514. The first-order valence-electron chi connectivity index (χ1n) is 13.5. The average molecular weight is 481 g/mol. The molecule has 186 valence electrons. The Morgan fingerprint density at radius 2 is 1.69 bits per heavy atom. The van der Waals surface area contributed by atoms with Crippen molar-refractivity contribution in [1.82, 2.24) is 0 Å². The molecule has 0 saturated heterocycles. The van der Waals surface area contributed by atoms with Crippen molar-refractivity contribution in [3.05, 3.63) is 83.0 Å². The van der Waals surface area contributed by atoms with E-state index in [4.69, 9.17) is 4.74 Å². The van der Waals surface area contributed by atoms with Crippen LogP contribution < -0.4 is 4.74 Å². The van der Waals surface area contributed by atoms with E-state index >= 15 is 0 Å². The second kappa shape index (κ2) is 8.94. The van der Waals surface area contributed by atoms with Crippen LogP contribution in [-0.4, -0.2) is 21.9 Å². The molecule has 2 aromatic rings. The molecule has 0 aromatic heterocycles. The van der Waals surface area contributed by atoms with Crippen LogP contribution in [0.3, 0.4) is 0 Å². The van der Waals surface area contributed by atoms with Crippen molar-refractivity contribution in [2.45, 2.75) is 76.4 Å². The number of allylic oxidation sites excluding steroid dienone is 3. The molecule has 0 heterocycles. The van der Waals surface area contributed by atoms with Crippen molar-refractivity contribution < 1.29 is 14.9 Å². The summed E-state index contributed by atoms with van der Waals surface area (Å²) in [7, 11) is 0. The smallest absolute Gasteiger partial charge is 0.131 e. The van der Waals surface area contributed by atoms with Gasteiger partial charge in [-0.3, -0.25) is 0 Å². The number of ether oxygens (including phenoxy) is 1. The van der Waals surface area contributed by atoms with Crippen LogP contribution in [0, 0.1) is 29.1 Å². The maximum Gasteiger partial charge on any atom is 0.131 e. The van der Waals surface area contributed by atoms with Crippen molar-refractivity contribution in [2.24, 2.45) is 17.3 Å². The Morgan fingerprint density at radius 1 is 0.944 bits per heavy atom. The number of hydrogen-bond acceptors (Lipinski definition) is 3. The zero-order valence-corrected chi connectivity index (χ0v) is 21.3. The first-order chi connectivity index (χ1) is 17.4. The highest BCUT2D eigenvalue weighted by Gasteiger charge is 2.62. The Kier molecular flexibility index (Phi) is 5.86. The number of benzene rings is 2. The first-order valence-corrected chi connectivity index (χ1v) is 13.5. The maximum atomic E-state index is 11.8. The molecule has 36 heavy (non-hydrogen) atoms. The van der Waals surface area contributed by atoms with Crippen LogP contribution in [0.25, 0.3) is 0 Å². The SMILES string of the molecule is CC#C[C@]1(O)CC[C@H]2[C@@H]3CCC4=CC(O)CCC4=C3[C@@H](c3ccc(Oc4ccccc4)cc3)C[C@@]21C. The van der Waals surface area contributed by atoms with Crippen LogP contribution in [0.15, 0.2) is 77.4 Å². The third kappa shape index (κ3) is 3.74. The average Bonchev–Trinajstić information content (AvgIpc) is 3.14. The second-order valence-electron chi connectivity index (χ2n) is 11.4. The zero-order chi connectivity index (χ0) is 24.9. The molecule has 0 amide bonds. The van der Waals surface area contributed by atoms with Crippen LogP contribution in [0.2, 0.25) is 0 Å². The molecular weight excluding hydrogens is 444 g/mol. The molecule has 2 aromatic carbocycles. The van der Waals surface area contributed by atoms with Crippen molar-refractivity contribution in [1.29, 1.82) is 0 Å². The summed E-state index contributed by atoms with van der Waals surface area (Å²) in [6, 6.07) is 18.5. The summed E-state index contributed by atoms with van der Waals surface area (Å²) in [6.45, 7) is 4.14. The molecular formula is C33H36O3. The number of aliphatic hydroxyl groups is 2. The van der Waals surface area contributed by atoms with E-state index in [1.165, 1.54) is 16.7 Å². The minimum Gasteiger partial charge on any atom is -0.457 e. The van der Waals surface area contributed by atoms with Gasteiger partial charge in [-0.1, -0.05) is 54.8 Å². The molecule has 6 rings (SSSR count). The van der Waals surface area contributed by atoms with Crippen LogP contribution >= 0.6 is 0 Å². The highest BCUT2D eigenvalue weighted by atomic mass is 16.5. The lowest BCUT2D eigenvalue weighted by atomic mass is 9.51. The van der Waals surface area contributed by atoms with Crippen LogP contribution in [-0.2, 0) is 0 Å². The lowest BCUT2D eigenvalue weighted by Crippen LogP contribution is -2.51. The Morgan fingerprint density at radius 3 is 2.44 bits per heavy atom. The molecule has 3 heteroatoms. The third-order valence-electron chi connectivity index (χ3n) is 9.61. The summed E-state index contributed by atoms with van der Waals surface area (Å²) >= 11 is 0. The number of fused-ring (bicyclic) bond motifs is 4. The van der Waals surface area contributed by atoms with E-state index in [2.05, 4.69) is 49.1 Å². The van der Waals surface area contributed by atoms with E-state index in [0.717, 1.165) is 56.4 Å². The van der Waals surface area contributed by atoms with Gasteiger partial charge >= 0.3 is 0 Å². The van der Waals surface area contributed by atoms with Gasteiger partial charge in [-0.05, 0) is 105 Å². The Balaban J connectivity index is 1.42. The van der Waals surface area contributed by atoms with Gasteiger partial charge in [0, 0.05) is 11.3 Å². The number of aliphatic hydroxyl groups excluding tert-OH is 1. The minimum atomic E-state index is -0.934. The van der Waals surface area contributed by atoms with E-state index < -0.39 is 5.60 Å². The maximum absolute atomic E-state index is 11.8. The molecule has 1 unspecified atom stereocenters. The Hall–Kier alpha value is -2.80. The summed E-state index contributed by atoms with van der Waals surface area (Å²) in [5.41, 5.74) is 4.53. The van der Waals surface area contributed by atoms with Crippen molar-refractivity contribution in [3.63, 3.8) is 0 Å². The zero-order valence-electron chi connectivity index (χ0n) is 21.3.